The number of nitrogen functional groups attached to an aromatic ring is 1. The lowest BCUT2D eigenvalue weighted by Crippen LogP contribution is -2.19. The van der Waals surface area contributed by atoms with Crippen molar-refractivity contribution in [2.75, 3.05) is 19.9 Å². The average molecular weight is 248 g/mol. The topological polar surface area (TPSA) is 82.2 Å². The van der Waals surface area contributed by atoms with Crippen molar-refractivity contribution in [3.63, 3.8) is 0 Å². The van der Waals surface area contributed by atoms with E-state index in [2.05, 4.69) is 10.3 Å². The lowest BCUT2D eigenvalue weighted by molar-refractivity contribution is -0.120. The molecule has 0 aliphatic carbocycles. The van der Waals surface area contributed by atoms with E-state index in [1.54, 1.807) is 14.2 Å². The van der Waals surface area contributed by atoms with E-state index in [0.29, 0.717) is 18.9 Å². The molecule has 0 unspecified atom stereocenters. The third-order valence-electron chi connectivity index (χ3n) is 2.83. The summed E-state index contributed by atoms with van der Waals surface area (Å²) >= 11 is 0. The maximum absolute atomic E-state index is 11.2. The molecule has 18 heavy (non-hydrogen) atoms. The Bertz CT molecular complexity index is 577. The fourth-order valence-electron chi connectivity index (χ4n) is 1.83. The fourth-order valence-corrected chi connectivity index (χ4v) is 1.83. The molecule has 3 N–H and O–H groups in total. The summed E-state index contributed by atoms with van der Waals surface area (Å²) in [5.41, 5.74) is 7.52. The maximum atomic E-state index is 11.2. The van der Waals surface area contributed by atoms with Gasteiger partial charge < -0.3 is 20.4 Å². The minimum absolute atomic E-state index is 0.0234. The first-order valence-electron chi connectivity index (χ1n) is 5.66. The summed E-state index contributed by atoms with van der Waals surface area (Å²) in [6, 6.07) is 5.56. The van der Waals surface area contributed by atoms with Crippen LogP contribution in [0, 0.1) is 0 Å². The number of nitrogens with one attached hydrogen (secondary N) is 1. The van der Waals surface area contributed by atoms with Gasteiger partial charge in [0, 0.05) is 26.1 Å². The second-order valence-corrected chi connectivity index (χ2v) is 3.90. The number of nitrogens with two attached hydrogens (primary N) is 1. The molecule has 0 bridgehead atoms. The molecule has 0 saturated carbocycles. The smallest absolute Gasteiger partial charge is 0.221 e. The predicted molar refractivity (Wildman–Crippen MR) is 69.4 cm³/mol. The van der Waals surface area contributed by atoms with Gasteiger partial charge in [-0.1, -0.05) is 0 Å². The second-order valence-electron chi connectivity index (χ2n) is 3.90. The first-order chi connectivity index (χ1) is 8.65. The number of methoxy groups -OCH3 is 1. The van der Waals surface area contributed by atoms with Gasteiger partial charge >= 0.3 is 0 Å². The lowest BCUT2D eigenvalue weighted by atomic mass is 10.3. The summed E-state index contributed by atoms with van der Waals surface area (Å²) in [6.07, 6.45) is 0.373. The van der Waals surface area contributed by atoms with Gasteiger partial charge in [-0.05, 0) is 12.1 Å². The molecule has 0 saturated heterocycles. The van der Waals surface area contributed by atoms with Crippen LogP contribution in [0.5, 0.6) is 5.75 Å². The number of fused-ring (bicyclic) bond motifs is 1. The molecule has 0 atom stereocenters. The molecule has 0 radical (unpaired) electrons. The highest BCUT2D eigenvalue weighted by atomic mass is 16.5. The highest BCUT2D eigenvalue weighted by Crippen LogP contribution is 2.22. The molecule has 1 heterocycles. The van der Waals surface area contributed by atoms with E-state index >= 15 is 0 Å². The fraction of sp³-hybridized carbons (Fsp3) is 0.333. The zero-order valence-corrected chi connectivity index (χ0v) is 10.4. The Hall–Kier alpha value is -2.24. The number of imidazole rings is 1. The Balaban J connectivity index is 2.32. The van der Waals surface area contributed by atoms with Gasteiger partial charge in [0.2, 0.25) is 11.9 Å². The molecule has 6 nitrogen and oxygen atoms in total. The number of anilines is 1. The molecule has 2 rings (SSSR count). The molecule has 1 amide bonds. The number of amides is 1. The maximum Gasteiger partial charge on any atom is 0.221 e. The number of hydrogen-bond donors (Lipinski definition) is 2. The van der Waals surface area contributed by atoms with Gasteiger partial charge in [0.05, 0.1) is 18.1 Å². The summed E-state index contributed by atoms with van der Waals surface area (Å²) in [4.78, 5) is 15.5. The number of carbonyl (C=O) groups is 1. The van der Waals surface area contributed by atoms with Crippen LogP contribution < -0.4 is 15.8 Å². The van der Waals surface area contributed by atoms with Crippen molar-refractivity contribution in [1.82, 2.24) is 14.9 Å². The molecular weight excluding hydrogens is 232 g/mol. The quantitative estimate of drug-likeness (QED) is 0.837. The molecular formula is C12H16N4O2. The van der Waals surface area contributed by atoms with E-state index in [1.807, 2.05) is 22.8 Å². The molecule has 0 aliphatic rings. The summed E-state index contributed by atoms with van der Waals surface area (Å²) in [7, 11) is 3.22. The van der Waals surface area contributed by atoms with Crippen molar-refractivity contribution >= 4 is 22.9 Å². The largest absolute Gasteiger partial charge is 0.497 e. The van der Waals surface area contributed by atoms with Crippen LogP contribution in [0.3, 0.4) is 0 Å². The van der Waals surface area contributed by atoms with Gasteiger partial charge in [-0.15, -0.1) is 0 Å². The zero-order chi connectivity index (χ0) is 13.1. The Labute approximate surface area is 105 Å². The highest BCUT2D eigenvalue weighted by Gasteiger charge is 2.10. The van der Waals surface area contributed by atoms with Crippen molar-refractivity contribution in [3.05, 3.63) is 18.2 Å². The third-order valence-corrected chi connectivity index (χ3v) is 2.83. The van der Waals surface area contributed by atoms with Gasteiger partial charge in [0.25, 0.3) is 0 Å². The average Bonchev–Trinajstić information content (AvgIpc) is 2.70. The minimum atomic E-state index is -0.0234. The number of benzene rings is 1. The van der Waals surface area contributed by atoms with E-state index in [0.717, 1.165) is 16.8 Å². The number of hydrogen-bond acceptors (Lipinski definition) is 4. The number of nitrogens with zero attached hydrogens (tertiary/aromatic N) is 2. The normalized spacial score (nSPS) is 10.6. The summed E-state index contributed by atoms with van der Waals surface area (Å²) in [5, 5.41) is 2.58. The van der Waals surface area contributed by atoms with Gasteiger partial charge in [-0.25, -0.2) is 4.98 Å². The van der Waals surface area contributed by atoms with Crippen LogP contribution in [0.4, 0.5) is 5.95 Å². The first kappa shape index (κ1) is 12.2. The predicted octanol–water partition coefficient (Wildman–Crippen LogP) is 0.763. The standard InChI is InChI=1S/C12H16N4O2/c1-14-11(17)5-6-16-10-4-3-8(18-2)7-9(10)15-12(16)13/h3-4,7H,5-6H2,1-2H3,(H2,13,15)(H,14,17). The molecule has 1 aromatic carbocycles. The van der Waals surface area contributed by atoms with Crippen LogP contribution in [0.15, 0.2) is 18.2 Å². The number of aromatic nitrogens is 2. The first-order valence-corrected chi connectivity index (χ1v) is 5.66. The molecule has 0 spiro atoms. The number of ether oxygens (including phenoxy) is 1. The van der Waals surface area contributed by atoms with E-state index in [9.17, 15) is 4.79 Å². The Morgan fingerprint density at radius 2 is 2.33 bits per heavy atom. The summed E-state index contributed by atoms with van der Waals surface area (Å²) in [5.74, 6) is 1.12. The van der Waals surface area contributed by atoms with Gasteiger partial charge in [0.1, 0.15) is 5.75 Å². The Kier molecular flexibility index (Phi) is 3.36. The summed E-state index contributed by atoms with van der Waals surface area (Å²) in [6.45, 7) is 0.508. The van der Waals surface area contributed by atoms with Crippen molar-refractivity contribution in [1.29, 1.82) is 0 Å². The van der Waals surface area contributed by atoms with E-state index in [1.165, 1.54) is 0 Å². The van der Waals surface area contributed by atoms with Crippen molar-refractivity contribution < 1.29 is 9.53 Å². The van der Waals surface area contributed by atoms with Crippen LogP contribution in [0.1, 0.15) is 6.42 Å². The molecule has 0 aliphatic heterocycles. The number of rotatable bonds is 4. The Morgan fingerprint density at radius 3 is 3.00 bits per heavy atom. The van der Waals surface area contributed by atoms with Crippen LogP contribution in [0.25, 0.3) is 11.0 Å². The van der Waals surface area contributed by atoms with Crippen LogP contribution >= 0.6 is 0 Å². The second kappa shape index (κ2) is 4.95. The molecule has 6 heteroatoms. The van der Waals surface area contributed by atoms with Crippen molar-refractivity contribution in [3.8, 4) is 5.75 Å². The Morgan fingerprint density at radius 1 is 1.56 bits per heavy atom. The van der Waals surface area contributed by atoms with Crippen molar-refractivity contribution in [2.24, 2.45) is 0 Å². The zero-order valence-electron chi connectivity index (χ0n) is 10.4. The lowest BCUT2D eigenvalue weighted by Gasteiger charge is -2.06. The van der Waals surface area contributed by atoms with Crippen LogP contribution in [0.2, 0.25) is 0 Å². The van der Waals surface area contributed by atoms with Gasteiger partial charge in [0.15, 0.2) is 0 Å². The molecule has 96 valence electrons. The van der Waals surface area contributed by atoms with Gasteiger partial charge in [-0.3, -0.25) is 4.79 Å². The van der Waals surface area contributed by atoms with Crippen LogP contribution in [-0.4, -0.2) is 29.6 Å². The monoisotopic (exact) mass is 248 g/mol. The molecule has 2 aromatic rings. The molecule has 0 fully saturated rings. The van der Waals surface area contributed by atoms with E-state index < -0.39 is 0 Å². The van der Waals surface area contributed by atoms with Crippen molar-refractivity contribution in [2.45, 2.75) is 13.0 Å². The SMILES string of the molecule is CNC(=O)CCn1c(N)nc2cc(OC)ccc21. The van der Waals surface area contributed by atoms with Crippen LogP contribution in [-0.2, 0) is 11.3 Å². The number of carbonyl (C=O) groups excluding carboxylic acids is 1. The minimum Gasteiger partial charge on any atom is -0.497 e. The van der Waals surface area contributed by atoms with Gasteiger partial charge in [-0.2, -0.15) is 0 Å². The third kappa shape index (κ3) is 2.22. The highest BCUT2D eigenvalue weighted by molar-refractivity contribution is 5.80. The summed E-state index contributed by atoms with van der Waals surface area (Å²) < 4.78 is 6.96. The van der Waals surface area contributed by atoms with E-state index in [-0.39, 0.29) is 5.91 Å². The van der Waals surface area contributed by atoms with E-state index in [4.69, 9.17) is 10.5 Å². The molecule has 1 aromatic heterocycles. The number of aryl methyl sites for hydroxylation is 1.